The van der Waals surface area contributed by atoms with Gasteiger partial charge in [0.05, 0.1) is 10.8 Å². The Morgan fingerprint density at radius 1 is 1.22 bits per heavy atom. The van der Waals surface area contributed by atoms with Crippen LogP contribution in [-0.2, 0) is 14.8 Å². The first-order valence-electron chi connectivity index (χ1n) is 8.57. The molecular weight excluding hydrogens is 396 g/mol. The number of carbonyl (C=O) groups excluding carboxylic acids is 1. The molecule has 0 aliphatic heterocycles. The van der Waals surface area contributed by atoms with Crippen molar-refractivity contribution >= 4 is 34.0 Å². The molecule has 2 bridgehead atoms. The summed E-state index contributed by atoms with van der Waals surface area (Å²) in [5, 5.41) is 13.7. The zero-order valence-electron chi connectivity index (χ0n) is 14.5. The van der Waals surface area contributed by atoms with Crippen LogP contribution in [0.1, 0.15) is 19.3 Å². The topological polar surface area (TPSA) is 144 Å². The number of sulfonamides is 1. The van der Waals surface area contributed by atoms with Gasteiger partial charge in [0.1, 0.15) is 0 Å². The summed E-state index contributed by atoms with van der Waals surface area (Å²) in [7, 11) is -4.04. The predicted octanol–water partition coefficient (Wildman–Crippen LogP) is 0.785. The molecule has 2 fully saturated rings. The number of carbonyl (C=O) groups is 1. The number of hydrogen-bond donors (Lipinski definition) is 3. The largest absolute Gasteiger partial charge is 0.354 e. The number of benzene rings is 1. The van der Waals surface area contributed by atoms with Gasteiger partial charge in [0.2, 0.25) is 15.9 Å². The standard InChI is InChI=1S/C16H22N4O5S.ClH/c17-15-11-6-5-10(9-11)14(15)16(21)18-7-8-19-26(24,25)13-4-2-1-3-12(13)20(22)23;/h1-4,10-11,14-15,19H,5-9,17H2,(H,18,21);1H. The summed E-state index contributed by atoms with van der Waals surface area (Å²) < 4.78 is 26.8. The molecule has 0 spiro atoms. The minimum absolute atomic E-state index is 0. The highest BCUT2D eigenvalue weighted by atomic mass is 35.5. The molecule has 1 aromatic carbocycles. The summed E-state index contributed by atoms with van der Waals surface area (Å²) in [6, 6.07) is 4.99. The average molecular weight is 419 g/mol. The van der Waals surface area contributed by atoms with Crippen molar-refractivity contribution in [3.8, 4) is 0 Å². The monoisotopic (exact) mass is 418 g/mol. The number of nitrogens with two attached hydrogens (primary N) is 1. The Hall–Kier alpha value is -1.75. The van der Waals surface area contributed by atoms with Crippen LogP contribution in [0.3, 0.4) is 0 Å². The summed E-state index contributed by atoms with van der Waals surface area (Å²) in [6.45, 7) is 0.0372. The Labute approximate surface area is 163 Å². The Balaban J connectivity index is 0.00000261. The first-order valence-corrected chi connectivity index (χ1v) is 10.1. The lowest BCUT2D eigenvalue weighted by molar-refractivity contribution is -0.387. The highest BCUT2D eigenvalue weighted by Gasteiger charge is 2.48. The molecule has 2 saturated carbocycles. The highest BCUT2D eigenvalue weighted by Crippen LogP contribution is 2.47. The fraction of sp³-hybridized carbons (Fsp3) is 0.562. The maximum absolute atomic E-state index is 12.3. The molecule has 0 aromatic heterocycles. The van der Waals surface area contributed by atoms with Crippen molar-refractivity contribution in [3.63, 3.8) is 0 Å². The van der Waals surface area contributed by atoms with Crippen molar-refractivity contribution in [1.29, 1.82) is 0 Å². The number of nitrogens with one attached hydrogen (secondary N) is 2. The molecule has 4 N–H and O–H groups in total. The molecule has 150 valence electrons. The number of amides is 1. The van der Waals surface area contributed by atoms with Crippen molar-refractivity contribution in [2.24, 2.45) is 23.5 Å². The second-order valence-electron chi connectivity index (χ2n) is 6.85. The number of rotatable bonds is 7. The Morgan fingerprint density at radius 2 is 1.89 bits per heavy atom. The molecule has 0 radical (unpaired) electrons. The first kappa shape index (κ1) is 21.5. The van der Waals surface area contributed by atoms with Gasteiger partial charge in [0.25, 0.3) is 5.69 Å². The van der Waals surface area contributed by atoms with Crippen molar-refractivity contribution in [2.75, 3.05) is 13.1 Å². The van der Waals surface area contributed by atoms with E-state index in [0.717, 1.165) is 25.3 Å². The van der Waals surface area contributed by atoms with Crippen LogP contribution >= 0.6 is 12.4 Å². The lowest BCUT2D eigenvalue weighted by Crippen LogP contribution is -2.46. The zero-order chi connectivity index (χ0) is 18.9. The molecule has 0 saturated heterocycles. The van der Waals surface area contributed by atoms with Crippen molar-refractivity contribution in [3.05, 3.63) is 34.4 Å². The normalized spacial score (nSPS) is 26.4. The van der Waals surface area contributed by atoms with E-state index in [1.807, 2.05) is 0 Å². The summed E-state index contributed by atoms with van der Waals surface area (Å²) in [5.74, 6) is 0.377. The molecule has 0 heterocycles. The third-order valence-electron chi connectivity index (χ3n) is 5.35. The predicted molar refractivity (Wildman–Crippen MR) is 101 cm³/mol. The van der Waals surface area contributed by atoms with Gasteiger partial charge in [0, 0.05) is 25.2 Å². The maximum Gasteiger partial charge on any atom is 0.289 e. The Morgan fingerprint density at radius 3 is 2.52 bits per heavy atom. The van der Waals surface area contributed by atoms with Crippen LogP contribution in [0.2, 0.25) is 0 Å². The fourth-order valence-electron chi connectivity index (χ4n) is 4.13. The van der Waals surface area contributed by atoms with E-state index in [4.69, 9.17) is 5.73 Å². The van der Waals surface area contributed by atoms with Crippen molar-refractivity contribution in [1.82, 2.24) is 10.0 Å². The molecule has 4 atom stereocenters. The smallest absolute Gasteiger partial charge is 0.289 e. The van der Waals surface area contributed by atoms with Crippen LogP contribution in [0.5, 0.6) is 0 Å². The molecule has 9 nitrogen and oxygen atoms in total. The van der Waals surface area contributed by atoms with E-state index < -0.39 is 25.5 Å². The molecule has 11 heteroatoms. The zero-order valence-corrected chi connectivity index (χ0v) is 16.2. The molecule has 1 aromatic rings. The van der Waals surface area contributed by atoms with Gasteiger partial charge in [-0.05, 0) is 37.2 Å². The Bertz CT molecular complexity index is 817. The van der Waals surface area contributed by atoms with Crippen molar-refractivity contribution in [2.45, 2.75) is 30.2 Å². The second kappa shape index (κ2) is 8.51. The van der Waals surface area contributed by atoms with Gasteiger partial charge in [-0.3, -0.25) is 14.9 Å². The molecule has 4 unspecified atom stereocenters. The Kier molecular flexibility index (Phi) is 6.79. The second-order valence-corrected chi connectivity index (χ2v) is 8.59. The molecule has 2 aliphatic carbocycles. The van der Waals surface area contributed by atoms with Crippen LogP contribution in [0.25, 0.3) is 0 Å². The fourth-order valence-corrected chi connectivity index (χ4v) is 5.33. The van der Waals surface area contributed by atoms with Gasteiger partial charge < -0.3 is 11.1 Å². The lowest BCUT2D eigenvalue weighted by Gasteiger charge is -2.27. The van der Waals surface area contributed by atoms with Gasteiger partial charge >= 0.3 is 0 Å². The van der Waals surface area contributed by atoms with Crippen LogP contribution in [0.4, 0.5) is 5.69 Å². The summed E-state index contributed by atoms with van der Waals surface area (Å²) >= 11 is 0. The minimum atomic E-state index is -4.04. The molecule has 2 aliphatic rings. The number of hydrogen-bond acceptors (Lipinski definition) is 6. The highest BCUT2D eigenvalue weighted by molar-refractivity contribution is 7.89. The molecule has 3 rings (SSSR count). The van der Waals surface area contributed by atoms with Gasteiger partial charge in [0.15, 0.2) is 4.90 Å². The SMILES string of the molecule is Cl.NC1C2CCC(C2)C1C(=O)NCCNS(=O)(=O)c1ccccc1[N+](=O)[O-]. The minimum Gasteiger partial charge on any atom is -0.354 e. The molecular formula is C16H23ClN4O5S. The van der Waals surface area contributed by atoms with E-state index >= 15 is 0 Å². The van der Waals surface area contributed by atoms with E-state index in [9.17, 15) is 23.3 Å². The van der Waals surface area contributed by atoms with Crippen LogP contribution in [-0.4, -0.2) is 38.4 Å². The lowest BCUT2D eigenvalue weighted by atomic mass is 9.84. The van der Waals surface area contributed by atoms with Gasteiger partial charge in [-0.2, -0.15) is 0 Å². The quantitative estimate of drug-likeness (QED) is 0.339. The number of nitro benzene ring substituents is 1. The van der Waals surface area contributed by atoms with Crippen LogP contribution < -0.4 is 15.8 Å². The van der Waals surface area contributed by atoms with E-state index in [0.29, 0.717) is 11.8 Å². The van der Waals surface area contributed by atoms with Gasteiger partial charge in [-0.15, -0.1) is 12.4 Å². The van der Waals surface area contributed by atoms with Crippen molar-refractivity contribution < 1.29 is 18.1 Å². The van der Waals surface area contributed by atoms with E-state index in [2.05, 4.69) is 10.0 Å². The molecule has 27 heavy (non-hydrogen) atoms. The van der Waals surface area contributed by atoms with Gasteiger partial charge in [-0.1, -0.05) is 12.1 Å². The summed E-state index contributed by atoms with van der Waals surface area (Å²) in [5.41, 5.74) is 5.63. The van der Waals surface area contributed by atoms with E-state index in [-0.39, 0.29) is 43.4 Å². The van der Waals surface area contributed by atoms with E-state index in [1.54, 1.807) is 0 Å². The number of fused-ring (bicyclic) bond motifs is 2. The summed E-state index contributed by atoms with van der Waals surface area (Å²) in [6.07, 6.45) is 3.08. The molecule has 1 amide bonds. The van der Waals surface area contributed by atoms with Crippen LogP contribution in [0.15, 0.2) is 29.2 Å². The maximum atomic E-state index is 12.3. The third-order valence-corrected chi connectivity index (χ3v) is 6.86. The van der Waals surface area contributed by atoms with Gasteiger partial charge in [-0.25, -0.2) is 13.1 Å². The number of nitro groups is 1. The average Bonchev–Trinajstić information content (AvgIpc) is 3.19. The van der Waals surface area contributed by atoms with Crippen LogP contribution in [0, 0.1) is 27.9 Å². The first-order chi connectivity index (χ1) is 12.3. The number of halogens is 1. The summed E-state index contributed by atoms with van der Waals surface area (Å²) in [4.78, 5) is 22.2. The number of nitrogens with zero attached hydrogens (tertiary/aromatic N) is 1. The third kappa shape index (κ3) is 4.40. The number of para-hydroxylation sites is 1. The van der Waals surface area contributed by atoms with E-state index in [1.165, 1.54) is 18.2 Å².